The smallest absolute Gasteiger partial charge is 0.234 e. The van der Waals surface area contributed by atoms with Crippen LogP contribution in [0.2, 0.25) is 0 Å². The number of hydrogen-bond donors (Lipinski definition) is 2. The topological polar surface area (TPSA) is 67.6 Å². The summed E-state index contributed by atoms with van der Waals surface area (Å²) in [6.07, 6.45) is 2.20. The monoisotopic (exact) mass is 243 g/mol. The summed E-state index contributed by atoms with van der Waals surface area (Å²) in [5.41, 5.74) is 5.81. The van der Waals surface area contributed by atoms with Gasteiger partial charge in [-0.1, -0.05) is 0 Å². The van der Waals surface area contributed by atoms with Gasteiger partial charge in [0.1, 0.15) is 0 Å². The molecule has 5 nitrogen and oxygen atoms in total. The van der Waals surface area contributed by atoms with Gasteiger partial charge in [-0.3, -0.25) is 9.69 Å². The van der Waals surface area contributed by atoms with Gasteiger partial charge in [0.2, 0.25) is 5.91 Å². The lowest BCUT2D eigenvalue weighted by Crippen LogP contribution is -2.45. The van der Waals surface area contributed by atoms with E-state index in [0.717, 1.165) is 25.9 Å². The van der Waals surface area contributed by atoms with Crippen molar-refractivity contribution in [3.63, 3.8) is 0 Å². The van der Waals surface area contributed by atoms with Gasteiger partial charge in [0, 0.05) is 25.7 Å². The van der Waals surface area contributed by atoms with Gasteiger partial charge in [-0.05, 0) is 26.7 Å². The van der Waals surface area contributed by atoms with E-state index in [-0.39, 0.29) is 12.0 Å². The molecule has 1 amide bonds. The molecule has 17 heavy (non-hydrogen) atoms. The number of carbonyl (C=O) groups excluding carboxylic acids is 1. The van der Waals surface area contributed by atoms with Gasteiger partial charge in [-0.15, -0.1) is 0 Å². The van der Waals surface area contributed by atoms with Crippen molar-refractivity contribution in [3.05, 3.63) is 0 Å². The second kappa shape index (κ2) is 7.63. The normalized spacial score (nSPS) is 18.6. The van der Waals surface area contributed by atoms with Crippen molar-refractivity contribution < 1.29 is 9.53 Å². The summed E-state index contributed by atoms with van der Waals surface area (Å²) < 4.78 is 5.35. The lowest BCUT2D eigenvalue weighted by molar-refractivity contribution is -0.122. The second-order valence-corrected chi connectivity index (χ2v) is 4.88. The van der Waals surface area contributed by atoms with Gasteiger partial charge >= 0.3 is 0 Å². The third kappa shape index (κ3) is 6.61. The van der Waals surface area contributed by atoms with Crippen molar-refractivity contribution in [3.8, 4) is 0 Å². The van der Waals surface area contributed by atoms with Crippen molar-refractivity contribution >= 4 is 5.91 Å². The number of ether oxygens (including phenoxy) is 1. The van der Waals surface area contributed by atoms with Crippen LogP contribution in [0.3, 0.4) is 0 Å². The number of nitrogens with one attached hydrogen (secondary N) is 1. The van der Waals surface area contributed by atoms with E-state index in [0.29, 0.717) is 25.7 Å². The van der Waals surface area contributed by atoms with Crippen LogP contribution in [0, 0.1) is 0 Å². The van der Waals surface area contributed by atoms with Crippen LogP contribution in [0.5, 0.6) is 0 Å². The van der Waals surface area contributed by atoms with Crippen LogP contribution in [0.4, 0.5) is 0 Å². The maximum atomic E-state index is 11.6. The zero-order valence-corrected chi connectivity index (χ0v) is 10.9. The van der Waals surface area contributed by atoms with Gasteiger partial charge in [0.15, 0.2) is 0 Å². The fourth-order valence-electron chi connectivity index (χ4n) is 1.86. The Hall–Kier alpha value is -0.650. The molecule has 1 rings (SSSR count). The molecule has 0 aromatic rings. The number of piperidine rings is 1. The third-order valence-electron chi connectivity index (χ3n) is 2.87. The molecular formula is C12H25N3O2. The first-order valence-corrected chi connectivity index (χ1v) is 6.44. The average molecular weight is 243 g/mol. The predicted octanol–water partition coefficient (Wildman–Crippen LogP) is -0.0493. The van der Waals surface area contributed by atoms with Gasteiger partial charge < -0.3 is 15.8 Å². The summed E-state index contributed by atoms with van der Waals surface area (Å²) in [6, 6.07) is 0.314. The molecule has 0 saturated carbocycles. The largest absolute Gasteiger partial charge is 0.377 e. The highest BCUT2D eigenvalue weighted by Crippen LogP contribution is 2.06. The summed E-state index contributed by atoms with van der Waals surface area (Å²) in [6.45, 7) is 7.47. The Bertz CT molecular complexity index is 226. The number of nitrogens with zero attached hydrogens (tertiary/aromatic N) is 1. The van der Waals surface area contributed by atoms with Gasteiger partial charge in [-0.25, -0.2) is 0 Å². The fourth-order valence-corrected chi connectivity index (χ4v) is 1.86. The highest BCUT2D eigenvalue weighted by atomic mass is 16.5. The highest BCUT2D eigenvalue weighted by Gasteiger charge is 2.17. The van der Waals surface area contributed by atoms with E-state index in [4.69, 9.17) is 10.5 Å². The molecule has 100 valence electrons. The first kappa shape index (κ1) is 14.4. The summed E-state index contributed by atoms with van der Waals surface area (Å²) in [4.78, 5) is 13.8. The number of amides is 1. The Kier molecular flexibility index (Phi) is 6.47. The maximum Gasteiger partial charge on any atom is 0.234 e. The molecule has 0 aromatic heterocycles. The molecule has 1 heterocycles. The molecule has 0 atom stereocenters. The van der Waals surface area contributed by atoms with E-state index in [1.165, 1.54) is 0 Å². The van der Waals surface area contributed by atoms with Gasteiger partial charge in [0.05, 0.1) is 19.3 Å². The van der Waals surface area contributed by atoms with E-state index in [1.54, 1.807) is 0 Å². The number of hydrogen-bond acceptors (Lipinski definition) is 4. The van der Waals surface area contributed by atoms with Crippen LogP contribution >= 0.6 is 0 Å². The molecule has 0 aromatic carbocycles. The van der Waals surface area contributed by atoms with Crippen LogP contribution in [0.15, 0.2) is 0 Å². The molecule has 0 unspecified atom stereocenters. The highest BCUT2D eigenvalue weighted by molar-refractivity contribution is 5.77. The van der Waals surface area contributed by atoms with Crippen LogP contribution in [0.25, 0.3) is 0 Å². The van der Waals surface area contributed by atoms with Crippen molar-refractivity contribution in [1.29, 1.82) is 0 Å². The minimum Gasteiger partial charge on any atom is -0.377 e. The molecule has 1 aliphatic heterocycles. The number of nitrogens with two attached hydrogens (primary N) is 1. The SMILES string of the molecule is CC(C)OCCNC(=O)CN1CCC(N)CC1. The minimum absolute atomic E-state index is 0.0767. The van der Waals surface area contributed by atoms with E-state index in [1.807, 2.05) is 13.8 Å². The van der Waals surface area contributed by atoms with Crippen molar-refractivity contribution in [2.45, 2.75) is 38.8 Å². The first-order chi connectivity index (χ1) is 8.08. The zero-order chi connectivity index (χ0) is 12.7. The molecular weight excluding hydrogens is 218 g/mol. The summed E-state index contributed by atoms with van der Waals surface area (Å²) in [5.74, 6) is 0.0767. The molecule has 1 saturated heterocycles. The Morgan fingerprint density at radius 3 is 2.71 bits per heavy atom. The van der Waals surface area contributed by atoms with Gasteiger partial charge in [0.25, 0.3) is 0 Å². The molecule has 3 N–H and O–H groups in total. The number of likely N-dealkylation sites (tertiary alicyclic amines) is 1. The van der Waals surface area contributed by atoms with Gasteiger partial charge in [-0.2, -0.15) is 0 Å². The molecule has 0 spiro atoms. The quantitative estimate of drug-likeness (QED) is 0.642. The van der Waals surface area contributed by atoms with E-state index >= 15 is 0 Å². The van der Waals surface area contributed by atoms with Crippen LogP contribution < -0.4 is 11.1 Å². The van der Waals surface area contributed by atoms with E-state index < -0.39 is 0 Å². The molecule has 1 aliphatic rings. The maximum absolute atomic E-state index is 11.6. The Morgan fingerprint density at radius 2 is 2.12 bits per heavy atom. The van der Waals surface area contributed by atoms with E-state index in [9.17, 15) is 4.79 Å². The standard InChI is InChI=1S/C12H25N3O2/c1-10(2)17-8-5-14-12(16)9-15-6-3-11(13)4-7-15/h10-11H,3-9,13H2,1-2H3,(H,14,16). The lowest BCUT2D eigenvalue weighted by Gasteiger charge is -2.29. The molecule has 0 radical (unpaired) electrons. The Morgan fingerprint density at radius 1 is 1.47 bits per heavy atom. The number of carbonyl (C=O) groups is 1. The van der Waals surface area contributed by atoms with Crippen LogP contribution in [-0.2, 0) is 9.53 Å². The van der Waals surface area contributed by atoms with Crippen molar-refractivity contribution in [2.75, 3.05) is 32.8 Å². The van der Waals surface area contributed by atoms with Crippen molar-refractivity contribution in [2.24, 2.45) is 5.73 Å². The fraction of sp³-hybridized carbons (Fsp3) is 0.917. The Balaban J connectivity index is 2.04. The van der Waals surface area contributed by atoms with Crippen LogP contribution in [0.1, 0.15) is 26.7 Å². The third-order valence-corrected chi connectivity index (χ3v) is 2.87. The van der Waals surface area contributed by atoms with Crippen molar-refractivity contribution in [1.82, 2.24) is 10.2 Å². The minimum atomic E-state index is 0.0767. The Labute approximate surface area is 104 Å². The molecule has 0 bridgehead atoms. The summed E-state index contributed by atoms with van der Waals surface area (Å²) >= 11 is 0. The van der Waals surface area contributed by atoms with E-state index in [2.05, 4.69) is 10.2 Å². The molecule has 1 fully saturated rings. The second-order valence-electron chi connectivity index (χ2n) is 4.88. The zero-order valence-electron chi connectivity index (χ0n) is 10.9. The number of rotatable bonds is 6. The average Bonchev–Trinajstić information content (AvgIpc) is 2.27. The van der Waals surface area contributed by atoms with Crippen LogP contribution in [-0.4, -0.2) is 55.7 Å². The summed E-state index contributed by atoms with van der Waals surface area (Å²) in [7, 11) is 0. The first-order valence-electron chi connectivity index (χ1n) is 6.44. The molecule has 5 heteroatoms. The lowest BCUT2D eigenvalue weighted by atomic mass is 10.1. The summed E-state index contributed by atoms with van der Waals surface area (Å²) in [5, 5.41) is 2.86. The molecule has 0 aliphatic carbocycles. The predicted molar refractivity (Wildman–Crippen MR) is 67.7 cm³/mol.